The molecule has 2 N–H and O–H groups in total. The summed E-state index contributed by atoms with van der Waals surface area (Å²) in [6, 6.07) is 2.42. The van der Waals surface area contributed by atoms with Crippen LogP contribution in [0.5, 0.6) is 0 Å². The molecule has 1 aliphatic rings. The van der Waals surface area contributed by atoms with Crippen LogP contribution in [0.1, 0.15) is 26.7 Å². The van der Waals surface area contributed by atoms with E-state index >= 15 is 0 Å². The number of nitrogens with one attached hydrogen (secondary N) is 2. The van der Waals surface area contributed by atoms with Crippen molar-refractivity contribution in [3.63, 3.8) is 0 Å². The summed E-state index contributed by atoms with van der Waals surface area (Å²) in [5.74, 6) is 0. The molecule has 0 aromatic carbocycles. The highest BCUT2D eigenvalue weighted by molar-refractivity contribution is 5.54. The predicted octanol–water partition coefficient (Wildman–Crippen LogP) is 2.49. The van der Waals surface area contributed by atoms with Gasteiger partial charge in [0.1, 0.15) is 0 Å². The molecule has 0 aliphatic carbocycles. The first kappa shape index (κ1) is 12.2. The lowest BCUT2D eigenvalue weighted by molar-refractivity contribution is 0.0996. The molecule has 2 atom stereocenters. The van der Waals surface area contributed by atoms with E-state index in [0.29, 0.717) is 12.1 Å². The molecule has 0 bridgehead atoms. The number of nitrogens with zero attached hydrogens (tertiary/aromatic N) is 1. The van der Waals surface area contributed by atoms with E-state index < -0.39 is 0 Å². The first-order valence-electron chi connectivity index (χ1n) is 6.36. The standard InChI is InChI=1S/C13H21N3O/c1-3-15-11-7-12(9-14-8-11)16-10(2)13-5-4-6-17-13/h7-10,13,15-16H,3-6H2,1-2H3. The Balaban J connectivity index is 1.94. The van der Waals surface area contributed by atoms with Gasteiger partial charge in [-0.3, -0.25) is 4.98 Å². The molecule has 17 heavy (non-hydrogen) atoms. The molecule has 0 amide bonds. The summed E-state index contributed by atoms with van der Waals surface area (Å²) >= 11 is 0. The second-order valence-corrected chi connectivity index (χ2v) is 4.48. The van der Waals surface area contributed by atoms with Gasteiger partial charge in [-0.1, -0.05) is 0 Å². The Morgan fingerprint density at radius 1 is 1.47 bits per heavy atom. The van der Waals surface area contributed by atoms with Crippen LogP contribution in [0.2, 0.25) is 0 Å². The third kappa shape index (κ3) is 3.33. The first-order chi connectivity index (χ1) is 8.29. The van der Waals surface area contributed by atoms with Crippen molar-refractivity contribution in [3.8, 4) is 0 Å². The Morgan fingerprint density at radius 2 is 2.29 bits per heavy atom. The minimum atomic E-state index is 0.330. The molecule has 2 heterocycles. The van der Waals surface area contributed by atoms with Gasteiger partial charge < -0.3 is 15.4 Å². The Kier molecular flexibility index (Phi) is 4.20. The molecule has 4 heteroatoms. The van der Waals surface area contributed by atoms with Gasteiger partial charge in [0.2, 0.25) is 0 Å². The number of hydrogen-bond donors (Lipinski definition) is 2. The minimum absolute atomic E-state index is 0.330. The molecule has 1 fully saturated rings. The van der Waals surface area contributed by atoms with Crippen molar-refractivity contribution >= 4 is 11.4 Å². The van der Waals surface area contributed by atoms with Crippen LogP contribution in [0.25, 0.3) is 0 Å². The Bertz CT molecular complexity index is 350. The highest BCUT2D eigenvalue weighted by Gasteiger charge is 2.22. The maximum absolute atomic E-state index is 5.67. The smallest absolute Gasteiger partial charge is 0.0774 e. The topological polar surface area (TPSA) is 46.2 Å². The average molecular weight is 235 g/mol. The lowest BCUT2D eigenvalue weighted by Crippen LogP contribution is -2.30. The van der Waals surface area contributed by atoms with E-state index in [0.717, 1.165) is 30.9 Å². The van der Waals surface area contributed by atoms with Crippen molar-refractivity contribution < 1.29 is 4.74 Å². The Hall–Kier alpha value is -1.29. The van der Waals surface area contributed by atoms with Crippen molar-refractivity contribution in [1.29, 1.82) is 0 Å². The van der Waals surface area contributed by atoms with Crippen LogP contribution in [-0.2, 0) is 4.74 Å². The molecule has 0 spiro atoms. The highest BCUT2D eigenvalue weighted by Crippen LogP contribution is 2.20. The van der Waals surface area contributed by atoms with E-state index in [1.165, 1.54) is 6.42 Å². The van der Waals surface area contributed by atoms with Gasteiger partial charge in [0.25, 0.3) is 0 Å². The maximum Gasteiger partial charge on any atom is 0.0774 e. The third-order valence-electron chi connectivity index (χ3n) is 3.04. The zero-order valence-corrected chi connectivity index (χ0v) is 10.6. The van der Waals surface area contributed by atoms with Gasteiger partial charge in [-0.25, -0.2) is 0 Å². The second kappa shape index (κ2) is 5.87. The second-order valence-electron chi connectivity index (χ2n) is 4.48. The first-order valence-corrected chi connectivity index (χ1v) is 6.36. The van der Waals surface area contributed by atoms with Gasteiger partial charge in [0, 0.05) is 19.2 Å². The minimum Gasteiger partial charge on any atom is -0.384 e. The van der Waals surface area contributed by atoms with Crippen LogP contribution in [0.3, 0.4) is 0 Å². The number of anilines is 2. The normalized spacial score (nSPS) is 21.2. The summed E-state index contributed by atoms with van der Waals surface area (Å²) in [7, 11) is 0. The van der Waals surface area contributed by atoms with E-state index in [-0.39, 0.29) is 0 Å². The zero-order chi connectivity index (χ0) is 12.1. The molecular weight excluding hydrogens is 214 g/mol. The van der Waals surface area contributed by atoms with Crippen LogP contribution in [0, 0.1) is 0 Å². The molecule has 1 aromatic heterocycles. The van der Waals surface area contributed by atoms with Crippen LogP contribution in [-0.4, -0.2) is 30.3 Å². The largest absolute Gasteiger partial charge is 0.384 e. The maximum atomic E-state index is 5.67. The van der Waals surface area contributed by atoms with Gasteiger partial charge in [-0.05, 0) is 32.8 Å². The summed E-state index contributed by atoms with van der Waals surface area (Å²) in [6.45, 7) is 6.05. The predicted molar refractivity (Wildman–Crippen MR) is 70.5 cm³/mol. The molecule has 1 aromatic rings. The van der Waals surface area contributed by atoms with E-state index in [2.05, 4.69) is 35.5 Å². The molecule has 2 unspecified atom stereocenters. The van der Waals surface area contributed by atoms with Crippen molar-refractivity contribution in [1.82, 2.24) is 4.98 Å². The van der Waals surface area contributed by atoms with Crippen LogP contribution in [0.15, 0.2) is 18.5 Å². The Morgan fingerprint density at radius 3 is 3.00 bits per heavy atom. The molecule has 1 saturated heterocycles. The van der Waals surface area contributed by atoms with Gasteiger partial charge in [0.05, 0.1) is 29.9 Å². The lowest BCUT2D eigenvalue weighted by atomic mass is 10.1. The van der Waals surface area contributed by atoms with Crippen LogP contribution >= 0.6 is 0 Å². The monoisotopic (exact) mass is 235 g/mol. The van der Waals surface area contributed by atoms with E-state index in [1.54, 1.807) is 0 Å². The lowest BCUT2D eigenvalue weighted by Gasteiger charge is -2.21. The quantitative estimate of drug-likeness (QED) is 0.823. The number of hydrogen-bond acceptors (Lipinski definition) is 4. The summed E-state index contributed by atoms with van der Waals surface area (Å²) in [5, 5.41) is 6.71. The summed E-state index contributed by atoms with van der Waals surface area (Å²) in [6.07, 6.45) is 6.34. The SMILES string of the molecule is CCNc1cncc(NC(C)C2CCCO2)c1. The van der Waals surface area contributed by atoms with Gasteiger partial charge in [-0.15, -0.1) is 0 Å². The number of rotatable bonds is 5. The van der Waals surface area contributed by atoms with E-state index in [1.807, 2.05) is 12.4 Å². The van der Waals surface area contributed by atoms with E-state index in [9.17, 15) is 0 Å². The zero-order valence-electron chi connectivity index (χ0n) is 10.6. The number of aromatic nitrogens is 1. The summed E-state index contributed by atoms with van der Waals surface area (Å²) in [4.78, 5) is 4.22. The summed E-state index contributed by atoms with van der Waals surface area (Å²) in [5.41, 5.74) is 2.10. The van der Waals surface area contributed by atoms with Crippen molar-refractivity contribution in [2.24, 2.45) is 0 Å². The fourth-order valence-corrected chi connectivity index (χ4v) is 2.17. The average Bonchev–Trinajstić information content (AvgIpc) is 2.83. The number of ether oxygens (including phenoxy) is 1. The van der Waals surface area contributed by atoms with E-state index in [4.69, 9.17) is 4.74 Å². The van der Waals surface area contributed by atoms with Gasteiger partial charge in [0.15, 0.2) is 0 Å². The van der Waals surface area contributed by atoms with Crippen molar-refractivity contribution in [3.05, 3.63) is 18.5 Å². The molecule has 4 nitrogen and oxygen atoms in total. The van der Waals surface area contributed by atoms with Gasteiger partial charge >= 0.3 is 0 Å². The fourth-order valence-electron chi connectivity index (χ4n) is 2.17. The van der Waals surface area contributed by atoms with Gasteiger partial charge in [-0.2, -0.15) is 0 Å². The molecule has 0 saturated carbocycles. The van der Waals surface area contributed by atoms with Crippen LogP contribution in [0.4, 0.5) is 11.4 Å². The fraction of sp³-hybridized carbons (Fsp3) is 0.615. The molecule has 1 aliphatic heterocycles. The van der Waals surface area contributed by atoms with Crippen LogP contribution < -0.4 is 10.6 Å². The highest BCUT2D eigenvalue weighted by atomic mass is 16.5. The van der Waals surface area contributed by atoms with Crippen molar-refractivity contribution in [2.75, 3.05) is 23.8 Å². The van der Waals surface area contributed by atoms with Crippen molar-refractivity contribution in [2.45, 2.75) is 38.8 Å². The molecule has 0 radical (unpaired) electrons. The number of pyridine rings is 1. The molecule has 2 rings (SSSR count). The Labute approximate surface area is 103 Å². The summed E-state index contributed by atoms with van der Waals surface area (Å²) < 4.78 is 5.67. The molecular formula is C13H21N3O. The molecule has 94 valence electrons. The third-order valence-corrected chi connectivity index (χ3v) is 3.04.